The maximum absolute atomic E-state index is 12.0. The maximum atomic E-state index is 12.0. The molecular formula is C19H22ClNO2. The van der Waals surface area contributed by atoms with E-state index in [0.29, 0.717) is 30.2 Å². The molecule has 0 aliphatic carbocycles. The molecular weight excluding hydrogens is 310 g/mol. The molecule has 1 amide bonds. The van der Waals surface area contributed by atoms with Gasteiger partial charge in [0.25, 0.3) is 0 Å². The van der Waals surface area contributed by atoms with Gasteiger partial charge in [0, 0.05) is 6.42 Å². The van der Waals surface area contributed by atoms with Crippen LogP contribution in [-0.4, -0.2) is 12.5 Å². The molecule has 0 heterocycles. The predicted octanol–water partition coefficient (Wildman–Crippen LogP) is 5.06. The molecule has 23 heavy (non-hydrogen) atoms. The molecule has 2 aromatic carbocycles. The Bertz CT molecular complexity index is 657. The third-order valence-corrected chi connectivity index (χ3v) is 3.83. The predicted molar refractivity (Wildman–Crippen MR) is 95.5 cm³/mol. The molecule has 2 aromatic rings. The van der Waals surface area contributed by atoms with Crippen LogP contribution in [0.5, 0.6) is 5.75 Å². The largest absolute Gasteiger partial charge is 0.494 e. The third kappa shape index (κ3) is 5.29. The number of carbonyl (C=O) groups is 1. The number of carbonyl (C=O) groups excluding carboxylic acids is 1. The minimum absolute atomic E-state index is 0.0497. The van der Waals surface area contributed by atoms with E-state index in [1.165, 1.54) is 5.56 Å². The van der Waals surface area contributed by atoms with E-state index in [9.17, 15) is 4.79 Å². The first-order valence-corrected chi connectivity index (χ1v) is 8.09. The van der Waals surface area contributed by atoms with Gasteiger partial charge in [-0.15, -0.1) is 0 Å². The topological polar surface area (TPSA) is 38.3 Å². The molecule has 2 rings (SSSR count). The van der Waals surface area contributed by atoms with E-state index >= 15 is 0 Å². The van der Waals surface area contributed by atoms with Crippen LogP contribution in [0.2, 0.25) is 5.02 Å². The summed E-state index contributed by atoms with van der Waals surface area (Å²) in [6.45, 7) is 6.46. The number of hydrogen-bond acceptors (Lipinski definition) is 2. The normalized spacial score (nSPS) is 10.4. The average molecular weight is 332 g/mol. The number of halogens is 1. The highest BCUT2D eigenvalue weighted by molar-refractivity contribution is 6.34. The van der Waals surface area contributed by atoms with Crippen LogP contribution < -0.4 is 10.1 Å². The van der Waals surface area contributed by atoms with Crippen molar-refractivity contribution in [3.63, 3.8) is 0 Å². The lowest BCUT2D eigenvalue weighted by atomic mass is 10.1. The summed E-state index contributed by atoms with van der Waals surface area (Å²) in [6.07, 6.45) is 1.05. The summed E-state index contributed by atoms with van der Waals surface area (Å²) >= 11 is 6.19. The molecule has 0 fully saturated rings. The van der Waals surface area contributed by atoms with Gasteiger partial charge in [0.2, 0.25) is 5.91 Å². The number of hydrogen-bond donors (Lipinski definition) is 1. The molecule has 0 spiro atoms. The summed E-state index contributed by atoms with van der Waals surface area (Å²) in [6, 6.07) is 11.7. The van der Waals surface area contributed by atoms with Crippen molar-refractivity contribution in [2.75, 3.05) is 11.9 Å². The van der Waals surface area contributed by atoms with Gasteiger partial charge in [-0.3, -0.25) is 4.79 Å². The standard InChI is InChI=1S/C19H22ClNO2/c1-13-6-8-16(9-7-13)23-10-4-5-18(22)21-19-15(3)11-14(2)12-17(19)20/h6-9,11-12H,4-5,10H2,1-3H3,(H,21,22). The zero-order valence-corrected chi connectivity index (χ0v) is 14.5. The summed E-state index contributed by atoms with van der Waals surface area (Å²) < 4.78 is 5.62. The third-order valence-electron chi connectivity index (χ3n) is 3.53. The van der Waals surface area contributed by atoms with Gasteiger partial charge in [0.15, 0.2) is 0 Å². The smallest absolute Gasteiger partial charge is 0.224 e. The summed E-state index contributed by atoms with van der Waals surface area (Å²) in [5.41, 5.74) is 3.94. The molecule has 0 unspecified atom stereocenters. The first kappa shape index (κ1) is 17.4. The van der Waals surface area contributed by atoms with E-state index in [2.05, 4.69) is 5.32 Å². The first-order chi connectivity index (χ1) is 11.0. The van der Waals surface area contributed by atoms with Crippen molar-refractivity contribution in [1.29, 1.82) is 0 Å². The van der Waals surface area contributed by atoms with E-state index in [1.54, 1.807) is 0 Å². The van der Waals surface area contributed by atoms with Gasteiger partial charge in [-0.1, -0.05) is 35.4 Å². The number of nitrogens with one attached hydrogen (secondary N) is 1. The van der Waals surface area contributed by atoms with Gasteiger partial charge in [-0.2, -0.15) is 0 Å². The van der Waals surface area contributed by atoms with E-state index in [0.717, 1.165) is 16.9 Å². The van der Waals surface area contributed by atoms with E-state index in [4.69, 9.17) is 16.3 Å². The van der Waals surface area contributed by atoms with Crippen molar-refractivity contribution in [3.8, 4) is 5.75 Å². The zero-order valence-electron chi connectivity index (χ0n) is 13.8. The Hall–Kier alpha value is -2.00. The fraction of sp³-hybridized carbons (Fsp3) is 0.316. The molecule has 0 radical (unpaired) electrons. The number of ether oxygens (including phenoxy) is 1. The molecule has 4 heteroatoms. The van der Waals surface area contributed by atoms with Crippen molar-refractivity contribution in [2.24, 2.45) is 0 Å². The van der Waals surface area contributed by atoms with Crippen molar-refractivity contribution in [2.45, 2.75) is 33.6 Å². The van der Waals surface area contributed by atoms with Crippen molar-refractivity contribution in [3.05, 3.63) is 58.1 Å². The Balaban J connectivity index is 1.78. The number of anilines is 1. The lowest BCUT2D eigenvalue weighted by molar-refractivity contribution is -0.116. The zero-order chi connectivity index (χ0) is 16.8. The van der Waals surface area contributed by atoms with Crippen molar-refractivity contribution < 1.29 is 9.53 Å². The second kappa shape index (κ2) is 8.02. The molecule has 0 saturated heterocycles. The second-order valence-corrected chi connectivity index (χ2v) is 6.16. The minimum Gasteiger partial charge on any atom is -0.494 e. The van der Waals surface area contributed by atoms with Gasteiger partial charge in [-0.25, -0.2) is 0 Å². The van der Waals surface area contributed by atoms with Crippen LogP contribution in [0.1, 0.15) is 29.5 Å². The average Bonchev–Trinajstić information content (AvgIpc) is 2.49. The van der Waals surface area contributed by atoms with Gasteiger partial charge >= 0.3 is 0 Å². The molecule has 0 atom stereocenters. The molecule has 3 nitrogen and oxygen atoms in total. The van der Waals surface area contributed by atoms with Gasteiger partial charge in [0.1, 0.15) is 5.75 Å². The van der Waals surface area contributed by atoms with Gasteiger partial charge in [-0.05, 0) is 56.5 Å². The Labute approximate surface area is 142 Å². The highest BCUT2D eigenvalue weighted by Gasteiger charge is 2.09. The highest BCUT2D eigenvalue weighted by Crippen LogP contribution is 2.27. The Morgan fingerprint density at radius 2 is 1.78 bits per heavy atom. The fourth-order valence-electron chi connectivity index (χ4n) is 2.33. The monoisotopic (exact) mass is 331 g/mol. The van der Waals surface area contributed by atoms with Crippen LogP contribution in [0, 0.1) is 20.8 Å². The number of rotatable bonds is 6. The van der Waals surface area contributed by atoms with E-state index in [-0.39, 0.29) is 5.91 Å². The lowest BCUT2D eigenvalue weighted by Gasteiger charge is -2.12. The lowest BCUT2D eigenvalue weighted by Crippen LogP contribution is -2.14. The summed E-state index contributed by atoms with van der Waals surface area (Å²) in [5, 5.41) is 3.46. The maximum Gasteiger partial charge on any atom is 0.224 e. The van der Waals surface area contributed by atoms with E-state index < -0.39 is 0 Å². The highest BCUT2D eigenvalue weighted by atomic mass is 35.5. The van der Waals surface area contributed by atoms with Crippen LogP contribution in [0.15, 0.2) is 36.4 Å². The number of benzene rings is 2. The molecule has 0 aliphatic heterocycles. The molecule has 0 aromatic heterocycles. The number of aryl methyl sites for hydroxylation is 3. The van der Waals surface area contributed by atoms with Crippen LogP contribution in [0.4, 0.5) is 5.69 Å². The summed E-state index contributed by atoms with van der Waals surface area (Å²) in [4.78, 5) is 12.0. The Morgan fingerprint density at radius 3 is 2.43 bits per heavy atom. The molecule has 0 saturated carbocycles. The van der Waals surface area contributed by atoms with Gasteiger partial charge < -0.3 is 10.1 Å². The van der Waals surface area contributed by atoms with Crippen LogP contribution >= 0.6 is 11.6 Å². The van der Waals surface area contributed by atoms with E-state index in [1.807, 2.05) is 57.2 Å². The first-order valence-electron chi connectivity index (χ1n) is 7.72. The SMILES string of the molecule is Cc1ccc(OCCCC(=O)Nc2c(C)cc(C)cc2Cl)cc1. The summed E-state index contributed by atoms with van der Waals surface area (Å²) in [5.74, 6) is 0.778. The van der Waals surface area contributed by atoms with Crippen molar-refractivity contribution >= 4 is 23.2 Å². The Morgan fingerprint density at radius 1 is 1.09 bits per heavy atom. The Kier molecular flexibility index (Phi) is 6.05. The molecule has 1 N–H and O–H groups in total. The number of amides is 1. The minimum atomic E-state index is -0.0497. The van der Waals surface area contributed by atoms with Gasteiger partial charge in [0.05, 0.1) is 17.3 Å². The molecule has 0 bridgehead atoms. The van der Waals surface area contributed by atoms with Crippen LogP contribution in [0.3, 0.4) is 0 Å². The van der Waals surface area contributed by atoms with Crippen LogP contribution in [0.25, 0.3) is 0 Å². The quantitative estimate of drug-likeness (QED) is 0.751. The fourth-order valence-corrected chi connectivity index (χ4v) is 2.70. The van der Waals surface area contributed by atoms with Crippen molar-refractivity contribution in [1.82, 2.24) is 0 Å². The summed E-state index contributed by atoms with van der Waals surface area (Å²) in [7, 11) is 0. The molecule has 0 aliphatic rings. The second-order valence-electron chi connectivity index (χ2n) is 5.75. The molecule has 122 valence electrons. The van der Waals surface area contributed by atoms with Crippen LogP contribution in [-0.2, 0) is 4.79 Å².